The fourth-order valence-corrected chi connectivity index (χ4v) is 6.77. The molecule has 1 aliphatic carbocycles. The number of amides is 1. The summed E-state index contributed by atoms with van der Waals surface area (Å²) in [5.74, 6) is -0.207. The van der Waals surface area contributed by atoms with Crippen molar-refractivity contribution in [1.82, 2.24) is 19.4 Å². The Hall–Kier alpha value is -4.00. The number of nitrogens with one attached hydrogen (secondary N) is 2. The minimum atomic E-state index is -0.718. The van der Waals surface area contributed by atoms with Crippen LogP contribution in [0.25, 0.3) is 22.4 Å². The Labute approximate surface area is 274 Å². The number of rotatable bonds is 7. The van der Waals surface area contributed by atoms with Gasteiger partial charge >= 0.3 is 5.69 Å². The van der Waals surface area contributed by atoms with Crippen LogP contribution < -0.4 is 26.6 Å². The number of benzene rings is 2. The van der Waals surface area contributed by atoms with Gasteiger partial charge in [-0.2, -0.15) is 0 Å². The third kappa shape index (κ3) is 5.85. The Morgan fingerprint density at radius 1 is 1.07 bits per heavy atom. The molecule has 1 saturated heterocycles. The van der Waals surface area contributed by atoms with Gasteiger partial charge in [0.15, 0.2) is 0 Å². The summed E-state index contributed by atoms with van der Waals surface area (Å²) in [5.41, 5.74) is 3.38. The number of hydrogen-bond donors (Lipinski definition) is 3. The SMILES string of the molecule is COc1nc(-c2cccc(-c3cccc(NC(=O)c4cn(C)c(=O)n(C)c4=O)c3Cl)c2Cl)cc2c1[C@H](N[C@H]1CCOC[C@@H]1O)CC2. The van der Waals surface area contributed by atoms with Gasteiger partial charge in [0.25, 0.3) is 11.5 Å². The van der Waals surface area contributed by atoms with Crippen molar-refractivity contribution in [1.29, 1.82) is 0 Å². The Morgan fingerprint density at radius 3 is 2.52 bits per heavy atom. The number of carbonyl (C=O) groups excluding carboxylic acids is 1. The standard InChI is InChI=1S/C33H33Cl2N5O6/c1-39-15-21(32(43)40(2)33(39)44)30(42)37-24-9-5-7-19(29(24)35)18-6-4-8-20(28(18)34)25-14-17-10-11-23(27(17)31(38-25)45-3)36-22-12-13-46-16-26(22)41/h4-9,14-15,22-23,26,36,41H,10-13,16H2,1-3H3,(H,37,42)/t22-,23+,26-/m0/s1. The molecule has 3 atom stereocenters. The van der Waals surface area contributed by atoms with E-state index in [1.807, 2.05) is 24.3 Å². The highest BCUT2D eigenvalue weighted by atomic mass is 35.5. The van der Waals surface area contributed by atoms with E-state index in [1.165, 1.54) is 20.3 Å². The van der Waals surface area contributed by atoms with Crippen molar-refractivity contribution in [2.24, 2.45) is 14.1 Å². The lowest BCUT2D eigenvalue weighted by atomic mass is 9.99. The number of pyridine rings is 1. The molecule has 2 aromatic heterocycles. The number of nitrogens with zero attached hydrogens (tertiary/aromatic N) is 3. The molecule has 0 unspecified atom stereocenters. The van der Waals surface area contributed by atoms with Gasteiger partial charge in [0.2, 0.25) is 5.88 Å². The van der Waals surface area contributed by atoms with Gasteiger partial charge < -0.3 is 29.8 Å². The number of ether oxygens (including phenoxy) is 2. The van der Waals surface area contributed by atoms with E-state index in [2.05, 4.69) is 10.6 Å². The number of aryl methyl sites for hydroxylation is 2. The van der Waals surface area contributed by atoms with Crippen molar-refractivity contribution in [3.05, 3.63) is 96.2 Å². The summed E-state index contributed by atoms with van der Waals surface area (Å²) in [5, 5.41) is 17.3. The molecule has 4 aromatic rings. The van der Waals surface area contributed by atoms with Gasteiger partial charge in [-0.25, -0.2) is 9.78 Å². The summed E-state index contributed by atoms with van der Waals surface area (Å²) in [7, 11) is 4.36. The summed E-state index contributed by atoms with van der Waals surface area (Å²) in [6.45, 7) is 0.917. The number of halogens is 2. The lowest BCUT2D eigenvalue weighted by Gasteiger charge is -2.31. The molecule has 13 heteroatoms. The number of aromatic nitrogens is 3. The number of methoxy groups -OCH3 is 1. The second-order valence-corrected chi connectivity index (χ2v) is 12.2. The van der Waals surface area contributed by atoms with E-state index in [0.717, 1.165) is 39.5 Å². The molecule has 1 fully saturated rings. The molecule has 11 nitrogen and oxygen atoms in total. The molecule has 1 aliphatic heterocycles. The van der Waals surface area contributed by atoms with Crippen molar-refractivity contribution in [2.45, 2.75) is 37.5 Å². The molecule has 3 N–H and O–H groups in total. The van der Waals surface area contributed by atoms with E-state index < -0.39 is 23.3 Å². The summed E-state index contributed by atoms with van der Waals surface area (Å²) in [6, 6.07) is 12.6. The first-order valence-electron chi connectivity index (χ1n) is 14.8. The molecule has 1 amide bonds. The highest BCUT2D eigenvalue weighted by molar-refractivity contribution is 6.39. The first-order chi connectivity index (χ1) is 22.1. The first-order valence-corrected chi connectivity index (χ1v) is 15.6. The lowest BCUT2D eigenvalue weighted by molar-refractivity contribution is -0.0304. The summed E-state index contributed by atoms with van der Waals surface area (Å²) < 4.78 is 13.2. The largest absolute Gasteiger partial charge is 0.481 e. The first kappa shape index (κ1) is 32.0. The van der Waals surface area contributed by atoms with Crippen LogP contribution in [0.2, 0.25) is 10.0 Å². The van der Waals surface area contributed by atoms with Gasteiger partial charge in [0.05, 0.1) is 41.2 Å². The topological polar surface area (TPSA) is 137 Å². The summed E-state index contributed by atoms with van der Waals surface area (Å²) in [6.07, 6.45) is 3.00. The summed E-state index contributed by atoms with van der Waals surface area (Å²) in [4.78, 5) is 42.6. The molecular formula is C33H33Cl2N5O6. The fourth-order valence-electron chi connectivity index (χ4n) is 6.17. The zero-order valence-electron chi connectivity index (χ0n) is 25.5. The van der Waals surface area contributed by atoms with E-state index in [-0.39, 0.29) is 28.4 Å². The molecule has 2 aliphatic rings. The van der Waals surface area contributed by atoms with Crippen LogP contribution in [0.3, 0.4) is 0 Å². The molecule has 0 radical (unpaired) electrons. The van der Waals surface area contributed by atoms with Crippen LogP contribution in [0, 0.1) is 0 Å². The van der Waals surface area contributed by atoms with E-state index in [9.17, 15) is 19.5 Å². The van der Waals surface area contributed by atoms with Crippen molar-refractivity contribution in [3.8, 4) is 28.3 Å². The normalized spacial score (nSPS) is 19.1. The van der Waals surface area contributed by atoms with Gasteiger partial charge in [0, 0.05) is 61.2 Å². The molecule has 0 bridgehead atoms. The maximum Gasteiger partial charge on any atom is 0.330 e. The van der Waals surface area contributed by atoms with Crippen LogP contribution in [0.15, 0.2) is 58.3 Å². The predicted octanol–water partition coefficient (Wildman–Crippen LogP) is 4.11. The molecule has 240 valence electrons. The Kier molecular flexibility index (Phi) is 9.04. The second kappa shape index (κ2) is 13.0. The van der Waals surface area contributed by atoms with Crippen LogP contribution in [-0.2, 0) is 25.3 Å². The average molecular weight is 667 g/mol. The van der Waals surface area contributed by atoms with Crippen LogP contribution >= 0.6 is 23.2 Å². The van der Waals surface area contributed by atoms with E-state index in [0.29, 0.717) is 46.5 Å². The van der Waals surface area contributed by atoms with Gasteiger partial charge in [-0.05, 0) is 37.0 Å². The van der Waals surface area contributed by atoms with Crippen LogP contribution in [0.1, 0.15) is 40.4 Å². The van der Waals surface area contributed by atoms with Crippen LogP contribution in [0.4, 0.5) is 5.69 Å². The minimum absolute atomic E-state index is 0.0104. The van der Waals surface area contributed by atoms with E-state index in [4.69, 9.17) is 37.7 Å². The number of aliphatic hydroxyl groups excluding tert-OH is 1. The fraction of sp³-hybridized carbons (Fsp3) is 0.333. The molecule has 0 saturated carbocycles. The molecule has 6 rings (SSSR count). The Morgan fingerprint density at radius 2 is 1.78 bits per heavy atom. The lowest BCUT2D eigenvalue weighted by Crippen LogP contribution is -2.47. The third-order valence-corrected chi connectivity index (χ3v) is 9.41. The van der Waals surface area contributed by atoms with Gasteiger partial charge in [0.1, 0.15) is 5.56 Å². The highest BCUT2D eigenvalue weighted by Gasteiger charge is 2.33. The van der Waals surface area contributed by atoms with Crippen molar-refractivity contribution >= 4 is 34.8 Å². The van der Waals surface area contributed by atoms with Crippen molar-refractivity contribution in [3.63, 3.8) is 0 Å². The zero-order valence-corrected chi connectivity index (χ0v) is 27.0. The number of hydrogen-bond acceptors (Lipinski definition) is 8. The monoisotopic (exact) mass is 665 g/mol. The molecular weight excluding hydrogens is 633 g/mol. The predicted molar refractivity (Wildman–Crippen MR) is 176 cm³/mol. The number of anilines is 1. The van der Waals surface area contributed by atoms with Gasteiger partial charge in [-0.1, -0.05) is 53.5 Å². The zero-order chi connectivity index (χ0) is 32.7. The highest BCUT2D eigenvalue weighted by Crippen LogP contribution is 2.44. The van der Waals surface area contributed by atoms with Crippen LogP contribution in [-0.4, -0.2) is 57.6 Å². The Bertz CT molecular complexity index is 1960. The van der Waals surface area contributed by atoms with Crippen LogP contribution in [0.5, 0.6) is 5.88 Å². The Balaban J connectivity index is 1.31. The maximum absolute atomic E-state index is 13.1. The quantitative estimate of drug-likeness (QED) is 0.268. The van der Waals surface area contributed by atoms with Crippen molar-refractivity contribution in [2.75, 3.05) is 25.6 Å². The minimum Gasteiger partial charge on any atom is -0.481 e. The van der Waals surface area contributed by atoms with E-state index in [1.54, 1.807) is 25.3 Å². The van der Waals surface area contributed by atoms with Gasteiger partial charge in [-0.3, -0.25) is 14.2 Å². The maximum atomic E-state index is 13.1. The number of fused-ring (bicyclic) bond motifs is 1. The second-order valence-electron chi connectivity index (χ2n) is 11.5. The third-order valence-electron chi connectivity index (χ3n) is 8.60. The molecule has 0 spiro atoms. The smallest absolute Gasteiger partial charge is 0.330 e. The summed E-state index contributed by atoms with van der Waals surface area (Å²) >= 11 is 13.9. The molecule has 3 heterocycles. The molecule has 46 heavy (non-hydrogen) atoms. The number of carbonyl (C=O) groups is 1. The van der Waals surface area contributed by atoms with Crippen molar-refractivity contribution < 1.29 is 19.4 Å². The number of aliphatic hydroxyl groups is 1. The average Bonchev–Trinajstić information content (AvgIpc) is 3.46. The molecule has 2 aromatic carbocycles. The van der Waals surface area contributed by atoms with E-state index >= 15 is 0 Å². The van der Waals surface area contributed by atoms with Gasteiger partial charge in [-0.15, -0.1) is 0 Å².